The fourth-order valence-corrected chi connectivity index (χ4v) is 2.71. The molecule has 0 aliphatic carbocycles. The first kappa shape index (κ1) is 20.2. The van der Waals surface area contributed by atoms with Crippen molar-refractivity contribution in [1.29, 1.82) is 0 Å². The molecule has 7 nitrogen and oxygen atoms in total. The van der Waals surface area contributed by atoms with Crippen molar-refractivity contribution in [3.05, 3.63) is 30.3 Å². The second kappa shape index (κ2) is 11.5. The molecular weight excluding hydrogens is 334 g/mol. The standard InChI is InChI=1S/C19H29N3O4/c1-17(23)22(11-10-21-12-15-25-16-13-21)9-8-20-19(24)7-14-26-18-5-3-2-4-6-18/h2-6H,7-16H2,1H3,(H,20,24). The van der Waals surface area contributed by atoms with E-state index in [4.69, 9.17) is 9.47 Å². The summed E-state index contributed by atoms with van der Waals surface area (Å²) in [5, 5.41) is 2.85. The lowest BCUT2D eigenvalue weighted by atomic mass is 10.3. The van der Waals surface area contributed by atoms with Crippen molar-refractivity contribution in [3.63, 3.8) is 0 Å². The largest absolute Gasteiger partial charge is 0.493 e. The lowest BCUT2D eigenvalue weighted by Crippen LogP contribution is -2.44. The van der Waals surface area contributed by atoms with Crippen LogP contribution >= 0.6 is 0 Å². The van der Waals surface area contributed by atoms with E-state index in [0.29, 0.717) is 32.7 Å². The van der Waals surface area contributed by atoms with Crippen molar-refractivity contribution in [1.82, 2.24) is 15.1 Å². The summed E-state index contributed by atoms with van der Waals surface area (Å²) in [6, 6.07) is 9.42. The van der Waals surface area contributed by atoms with Crippen LogP contribution in [0, 0.1) is 0 Å². The zero-order chi connectivity index (χ0) is 18.6. The minimum Gasteiger partial charge on any atom is -0.493 e. The number of nitrogens with one attached hydrogen (secondary N) is 1. The number of morpholine rings is 1. The van der Waals surface area contributed by atoms with Gasteiger partial charge in [0.2, 0.25) is 11.8 Å². The second-order valence-electron chi connectivity index (χ2n) is 6.22. The van der Waals surface area contributed by atoms with Gasteiger partial charge in [-0.2, -0.15) is 0 Å². The molecular formula is C19H29N3O4. The van der Waals surface area contributed by atoms with Crippen LogP contribution in [0.2, 0.25) is 0 Å². The van der Waals surface area contributed by atoms with E-state index in [0.717, 1.165) is 38.6 Å². The Bertz CT molecular complexity index is 547. The molecule has 1 aromatic rings. The van der Waals surface area contributed by atoms with Gasteiger partial charge < -0.3 is 19.7 Å². The van der Waals surface area contributed by atoms with E-state index < -0.39 is 0 Å². The number of para-hydroxylation sites is 1. The van der Waals surface area contributed by atoms with E-state index in [9.17, 15) is 9.59 Å². The Kier molecular flexibility index (Phi) is 8.92. The van der Waals surface area contributed by atoms with Gasteiger partial charge in [0.1, 0.15) is 5.75 Å². The first-order valence-corrected chi connectivity index (χ1v) is 9.15. The monoisotopic (exact) mass is 363 g/mol. The first-order chi connectivity index (χ1) is 12.6. The fourth-order valence-electron chi connectivity index (χ4n) is 2.71. The molecule has 0 unspecified atom stereocenters. The average molecular weight is 363 g/mol. The number of benzene rings is 1. The molecule has 26 heavy (non-hydrogen) atoms. The number of hydrogen-bond acceptors (Lipinski definition) is 5. The summed E-state index contributed by atoms with van der Waals surface area (Å²) in [5.41, 5.74) is 0. The van der Waals surface area contributed by atoms with Crippen molar-refractivity contribution in [2.24, 2.45) is 0 Å². The van der Waals surface area contributed by atoms with Gasteiger partial charge in [-0.1, -0.05) is 18.2 Å². The van der Waals surface area contributed by atoms with Gasteiger partial charge in [0.25, 0.3) is 0 Å². The molecule has 1 fully saturated rings. The number of ether oxygens (including phenoxy) is 2. The minimum atomic E-state index is -0.0717. The van der Waals surface area contributed by atoms with Crippen LogP contribution in [0.15, 0.2) is 30.3 Å². The van der Waals surface area contributed by atoms with Crippen LogP contribution < -0.4 is 10.1 Å². The summed E-state index contributed by atoms with van der Waals surface area (Å²) in [4.78, 5) is 27.7. The first-order valence-electron chi connectivity index (χ1n) is 9.15. The third-order valence-corrected chi connectivity index (χ3v) is 4.28. The van der Waals surface area contributed by atoms with E-state index in [-0.39, 0.29) is 11.8 Å². The van der Waals surface area contributed by atoms with Gasteiger partial charge in [-0.3, -0.25) is 14.5 Å². The predicted molar refractivity (Wildman–Crippen MR) is 99.1 cm³/mol. The van der Waals surface area contributed by atoms with Gasteiger partial charge in [0, 0.05) is 46.2 Å². The lowest BCUT2D eigenvalue weighted by molar-refractivity contribution is -0.130. The van der Waals surface area contributed by atoms with Gasteiger partial charge in [-0.05, 0) is 12.1 Å². The van der Waals surface area contributed by atoms with E-state index >= 15 is 0 Å². The van der Waals surface area contributed by atoms with Gasteiger partial charge in [-0.15, -0.1) is 0 Å². The van der Waals surface area contributed by atoms with E-state index in [1.165, 1.54) is 0 Å². The molecule has 7 heteroatoms. The van der Waals surface area contributed by atoms with Gasteiger partial charge >= 0.3 is 0 Å². The molecule has 1 aromatic carbocycles. The highest BCUT2D eigenvalue weighted by molar-refractivity contribution is 5.76. The molecule has 1 N–H and O–H groups in total. The Morgan fingerprint density at radius 1 is 1.19 bits per heavy atom. The Morgan fingerprint density at radius 2 is 1.92 bits per heavy atom. The van der Waals surface area contributed by atoms with Crippen LogP contribution in [0.1, 0.15) is 13.3 Å². The van der Waals surface area contributed by atoms with E-state index in [1.807, 2.05) is 30.3 Å². The normalized spacial score (nSPS) is 14.7. The predicted octanol–water partition coefficient (Wildman–Crippen LogP) is 0.752. The summed E-state index contributed by atoms with van der Waals surface area (Å²) in [6.07, 6.45) is 0.294. The maximum Gasteiger partial charge on any atom is 0.223 e. The van der Waals surface area contributed by atoms with Crippen LogP contribution in [0.5, 0.6) is 5.75 Å². The van der Waals surface area contributed by atoms with Crippen LogP contribution in [-0.4, -0.2) is 80.7 Å². The molecule has 0 bridgehead atoms. The molecule has 2 amide bonds. The maximum atomic E-state index is 11.9. The molecule has 0 atom stereocenters. The average Bonchev–Trinajstić information content (AvgIpc) is 2.66. The summed E-state index contributed by atoms with van der Waals surface area (Å²) < 4.78 is 10.8. The summed E-state index contributed by atoms with van der Waals surface area (Å²) in [7, 11) is 0. The second-order valence-corrected chi connectivity index (χ2v) is 6.22. The molecule has 144 valence electrons. The Morgan fingerprint density at radius 3 is 2.62 bits per heavy atom. The molecule has 1 aliphatic heterocycles. The minimum absolute atomic E-state index is 0.0277. The molecule has 0 radical (unpaired) electrons. The van der Waals surface area contributed by atoms with Crippen LogP contribution in [0.25, 0.3) is 0 Å². The zero-order valence-corrected chi connectivity index (χ0v) is 15.5. The molecule has 1 heterocycles. The van der Waals surface area contributed by atoms with Crippen LogP contribution in [-0.2, 0) is 14.3 Å². The lowest BCUT2D eigenvalue weighted by Gasteiger charge is -2.29. The van der Waals surface area contributed by atoms with Gasteiger partial charge in [0.15, 0.2) is 0 Å². The molecule has 2 rings (SSSR count). The highest BCUT2D eigenvalue weighted by Gasteiger charge is 2.14. The number of amides is 2. The maximum absolute atomic E-state index is 11.9. The highest BCUT2D eigenvalue weighted by atomic mass is 16.5. The van der Waals surface area contributed by atoms with Gasteiger partial charge in [-0.25, -0.2) is 0 Å². The van der Waals surface area contributed by atoms with E-state index in [2.05, 4.69) is 10.2 Å². The SMILES string of the molecule is CC(=O)N(CCNC(=O)CCOc1ccccc1)CCN1CCOCC1. The summed E-state index contributed by atoms with van der Waals surface area (Å²) in [6.45, 7) is 7.69. The van der Waals surface area contributed by atoms with Crippen LogP contribution in [0.3, 0.4) is 0 Å². The zero-order valence-electron chi connectivity index (χ0n) is 15.5. The highest BCUT2D eigenvalue weighted by Crippen LogP contribution is 2.08. The molecule has 1 aliphatic rings. The molecule has 1 saturated heterocycles. The Labute approximate surface area is 155 Å². The number of nitrogens with zero attached hydrogens (tertiary/aromatic N) is 2. The molecule has 0 aromatic heterocycles. The van der Waals surface area contributed by atoms with Crippen molar-refractivity contribution >= 4 is 11.8 Å². The fraction of sp³-hybridized carbons (Fsp3) is 0.579. The number of carbonyl (C=O) groups excluding carboxylic acids is 2. The topological polar surface area (TPSA) is 71.1 Å². The number of rotatable bonds is 10. The van der Waals surface area contributed by atoms with Crippen molar-refractivity contribution in [2.75, 3.05) is 59.1 Å². The summed E-state index contributed by atoms with van der Waals surface area (Å²) in [5.74, 6) is 0.712. The van der Waals surface area contributed by atoms with Crippen LogP contribution in [0.4, 0.5) is 0 Å². The third kappa shape index (κ3) is 7.84. The number of hydrogen-bond donors (Lipinski definition) is 1. The van der Waals surface area contributed by atoms with Gasteiger partial charge in [0.05, 0.1) is 26.2 Å². The van der Waals surface area contributed by atoms with Crippen molar-refractivity contribution in [2.45, 2.75) is 13.3 Å². The third-order valence-electron chi connectivity index (χ3n) is 4.28. The Hall–Kier alpha value is -2.12. The smallest absolute Gasteiger partial charge is 0.223 e. The van der Waals surface area contributed by atoms with E-state index in [1.54, 1.807) is 11.8 Å². The molecule has 0 saturated carbocycles. The molecule has 0 spiro atoms. The van der Waals surface area contributed by atoms with Crippen molar-refractivity contribution in [3.8, 4) is 5.75 Å². The Balaban J connectivity index is 1.58. The quantitative estimate of drug-likeness (QED) is 0.664. The number of carbonyl (C=O) groups is 2. The summed E-state index contributed by atoms with van der Waals surface area (Å²) >= 11 is 0. The van der Waals surface area contributed by atoms with Crippen molar-refractivity contribution < 1.29 is 19.1 Å².